The van der Waals surface area contributed by atoms with Crippen molar-refractivity contribution in [2.75, 3.05) is 13.1 Å². The molecule has 0 unspecified atom stereocenters. The fourth-order valence-electron chi connectivity index (χ4n) is 3.25. The van der Waals surface area contributed by atoms with Gasteiger partial charge < -0.3 is 14.6 Å². The number of amides is 1. The average molecular weight is 349 g/mol. The molecule has 3 aromatic rings. The van der Waals surface area contributed by atoms with Crippen LogP contribution >= 0.6 is 0 Å². The van der Waals surface area contributed by atoms with Crippen molar-refractivity contribution in [1.29, 1.82) is 0 Å². The summed E-state index contributed by atoms with van der Waals surface area (Å²) in [6.45, 7) is 4.49. The second-order valence-electron chi connectivity index (χ2n) is 6.57. The molecule has 0 atom stereocenters. The number of benzene rings is 1. The van der Waals surface area contributed by atoms with Gasteiger partial charge in [0.05, 0.1) is 18.7 Å². The number of nitrogens with zero attached hydrogens (tertiary/aromatic N) is 2. The van der Waals surface area contributed by atoms with Crippen LogP contribution in [0.2, 0.25) is 0 Å². The Kier molecular flexibility index (Phi) is 3.95. The Labute approximate surface area is 150 Å². The zero-order valence-electron chi connectivity index (χ0n) is 14.7. The summed E-state index contributed by atoms with van der Waals surface area (Å²) >= 11 is 0. The van der Waals surface area contributed by atoms with Crippen molar-refractivity contribution >= 4 is 22.6 Å². The third-order valence-corrected chi connectivity index (χ3v) is 4.60. The Morgan fingerprint density at radius 2 is 1.88 bits per heavy atom. The highest BCUT2D eigenvalue weighted by Gasteiger charge is 2.37. The van der Waals surface area contributed by atoms with E-state index >= 15 is 0 Å². The van der Waals surface area contributed by atoms with Crippen LogP contribution < -0.4 is 4.74 Å². The van der Waals surface area contributed by atoms with Crippen molar-refractivity contribution in [2.24, 2.45) is 0 Å². The lowest BCUT2D eigenvalue weighted by Crippen LogP contribution is -2.58. The summed E-state index contributed by atoms with van der Waals surface area (Å²) in [7, 11) is 0. The zero-order valence-corrected chi connectivity index (χ0v) is 14.7. The molecule has 1 aliphatic heterocycles. The van der Waals surface area contributed by atoms with Crippen LogP contribution in [-0.4, -0.2) is 45.8 Å². The number of ether oxygens (including phenoxy) is 1. The van der Waals surface area contributed by atoms with E-state index in [1.165, 1.54) is 4.90 Å². The van der Waals surface area contributed by atoms with Gasteiger partial charge in [-0.05, 0) is 26.0 Å². The van der Waals surface area contributed by atoms with Gasteiger partial charge in [0, 0.05) is 28.4 Å². The predicted octanol–water partition coefficient (Wildman–Crippen LogP) is 2.65. The normalized spacial score (nSPS) is 14.3. The van der Waals surface area contributed by atoms with Gasteiger partial charge in [-0.25, -0.2) is 4.98 Å². The lowest BCUT2D eigenvalue weighted by Gasteiger charge is -2.38. The van der Waals surface area contributed by atoms with E-state index in [1.54, 1.807) is 6.07 Å². The number of carbonyl (C=O) groups is 2. The number of para-hydroxylation sites is 1. The van der Waals surface area contributed by atoms with Crippen molar-refractivity contribution in [3.63, 3.8) is 0 Å². The maximum atomic E-state index is 12.7. The number of nitrogens with one attached hydrogen (secondary N) is 1. The molecule has 3 heterocycles. The third kappa shape index (κ3) is 2.83. The Morgan fingerprint density at radius 3 is 2.65 bits per heavy atom. The summed E-state index contributed by atoms with van der Waals surface area (Å²) in [5, 5.41) is 0.778. The Hall–Kier alpha value is -3.15. The molecule has 0 saturated carbocycles. The standard InChI is InChI=1S/C20H19N3O3/c1-12-6-5-9-17(21-12)26-14-10-23(11-14)20(25)19(24)18-13(2)22-16-8-4-3-7-15(16)18/h3-9,14,22H,10-11H2,1-2H3. The van der Waals surface area contributed by atoms with E-state index < -0.39 is 11.7 Å². The summed E-state index contributed by atoms with van der Waals surface area (Å²) in [6.07, 6.45) is -0.134. The Balaban J connectivity index is 1.44. The van der Waals surface area contributed by atoms with Crippen LogP contribution in [0.1, 0.15) is 21.7 Å². The van der Waals surface area contributed by atoms with Gasteiger partial charge in [0.25, 0.3) is 11.7 Å². The molecule has 0 spiro atoms. The highest BCUT2D eigenvalue weighted by atomic mass is 16.5. The lowest BCUT2D eigenvalue weighted by atomic mass is 10.0. The topological polar surface area (TPSA) is 75.3 Å². The number of ketones is 1. The number of Topliss-reactive ketones (excluding diaryl/α,β-unsaturated/α-hetero) is 1. The molecule has 0 aliphatic carbocycles. The lowest BCUT2D eigenvalue weighted by molar-refractivity contribution is -0.135. The van der Waals surface area contributed by atoms with Crippen LogP contribution in [0.3, 0.4) is 0 Å². The van der Waals surface area contributed by atoms with E-state index in [9.17, 15) is 9.59 Å². The fraction of sp³-hybridized carbons (Fsp3) is 0.250. The van der Waals surface area contributed by atoms with Crippen molar-refractivity contribution < 1.29 is 14.3 Å². The molecule has 132 valence electrons. The van der Waals surface area contributed by atoms with Crippen LogP contribution in [0.4, 0.5) is 0 Å². The molecule has 2 aromatic heterocycles. The van der Waals surface area contributed by atoms with Crippen molar-refractivity contribution in [1.82, 2.24) is 14.9 Å². The Morgan fingerprint density at radius 1 is 1.12 bits per heavy atom. The van der Waals surface area contributed by atoms with E-state index in [2.05, 4.69) is 9.97 Å². The number of H-pyrrole nitrogens is 1. The first-order chi connectivity index (χ1) is 12.5. The van der Waals surface area contributed by atoms with Gasteiger partial charge in [0.2, 0.25) is 5.88 Å². The van der Waals surface area contributed by atoms with Crippen molar-refractivity contribution in [3.05, 3.63) is 59.4 Å². The monoisotopic (exact) mass is 349 g/mol. The van der Waals surface area contributed by atoms with Gasteiger partial charge in [-0.3, -0.25) is 9.59 Å². The molecular weight excluding hydrogens is 330 g/mol. The molecule has 6 heteroatoms. The molecule has 0 bridgehead atoms. The number of carbonyl (C=O) groups excluding carboxylic acids is 2. The summed E-state index contributed by atoms with van der Waals surface area (Å²) in [5.74, 6) is -0.428. The number of aromatic nitrogens is 2. The first-order valence-corrected chi connectivity index (χ1v) is 8.54. The quantitative estimate of drug-likeness (QED) is 0.580. The minimum absolute atomic E-state index is 0.134. The smallest absolute Gasteiger partial charge is 0.295 e. The number of rotatable bonds is 4. The highest BCUT2D eigenvalue weighted by Crippen LogP contribution is 2.24. The maximum absolute atomic E-state index is 12.7. The summed E-state index contributed by atoms with van der Waals surface area (Å²) in [6, 6.07) is 13.1. The summed E-state index contributed by atoms with van der Waals surface area (Å²) in [5.41, 5.74) is 2.90. The van der Waals surface area contributed by atoms with Gasteiger partial charge >= 0.3 is 0 Å². The molecule has 1 aliphatic rings. The Bertz CT molecular complexity index is 1000. The largest absolute Gasteiger partial charge is 0.471 e. The zero-order chi connectivity index (χ0) is 18.3. The van der Waals surface area contributed by atoms with E-state index in [0.717, 1.165) is 16.6 Å². The van der Waals surface area contributed by atoms with Gasteiger partial charge in [-0.2, -0.15) is 0 Å². The molecule has 1 saturated heterocycles. The molecule has 1 aromatic carbocycles. The van der Waals surface area contributed by atoms with E-state index in [1.807, 2.05) is 50.2 Å². The number of pyridine rings is 1. The van der Waals surface area contributed by atoms with Crippen molar-refractivity contribution in [2.45, 2.75) is 20.0 Å². The second kappa shape index (κ2) is 6.29. The fourth-order valence-corrected chi connectivity index (χ4v) is 3.25. The summed E-state index contributed by atoms with van der Waals surface area (Å²) < 4.78 is 5.75. The number of likely N-dealkylation sites (tertiary alicyclic amines) is 1. The number of fused-ring (bicyclic) bond motifs is 1. The molecule has 1 amide bonds. The third-order valence-electron chi connectivity index (χ3n) is 4.60. The summed E-state index contributed by atoms with van der Waals surface area (Å²) in [4.78, 5) is 34.3. The predicted molar refractivity (Wildman–Crippen MR) is 97.3 cm³/mol. The number of aryl methyl sites for hydroxylation is 2. The van der Waals surface area contributed by atoms with Crippen LogP contribution in [0.5, 0.6) is 5.88 Å². The van der Waals surface area contributed by atoms with Crippen molar-refractivity contribution in [3.8, 4) is 5.88 Å². The number of hydrogen-bond acceptors (Lipinski definition) is 4. The molecule has 26 heavy (non-hydrogen) atoms. The molecule has 1 N–H and O–H groups in total. The van der Waals surface area contributed by atoms with Gasteiger partial charge in [0.15, 0.2) is 0 Å². The first-order valence-electron chi connectivity index (χ1n) is 8.54. The SMILES string of the molecule is Cc1cccc(OC2CN(C(=O)C(=O)c3c(C)[nH]c4ccccc34)C2)n1. The molecule has 1 fully saturated rings. The van der Waals surface area contributed by atoms with Crippen LogP contribution in [0.15, 0.2) is 42.5 Å². The van der Waals surface area contributed by atoms with E-state index in [0.29, 0.717) is 30.2 Å². The number of hydrogen-bond donors (Lipinski definition) is 1. The average Bonchev–Trinajstić information content (AvgIpc) is 2.92. The molecular formula is C20H19N3O3. The number of aromatic amines is 1. The van der Waals surface area contributed by atoms with E-state index in [-0.39, 0.29) is 6.10 Å². The molecule has 0 radical (unpaired) electrons. The van der Waals surface area contributed by atoms with Gasteiger partial charge in [-0.15, -0.1) is 0 Å². The minimum atomic E-state index is -0.491. The minimum Gasteiger partial charge on any atom is -0.471 e. The maximum Gasteiger partial charge on any atom is 0.295 e. The van der Waals surface area contributed by atoms with Gasteiger partial charge in [-0.1, -0.05) is 24.3 Å². The molecule has 4 rings (SSSR count). The van der Waals surface area contributed by atoms with Crippen LogP contribution in [0, 0.1) is 13.8 Å². The highest BCUT2D eigenvalue weighted by molar-refractivity contribution is 6.45. The van der Waals surface area contributed by atoms with Crippen LogP contribution in [0.25, 0.3) is 10.9 Å². The van der Waals surface area contributed by atoms with Gasteiger partial charge in [0.1, 0.15) is 6.10 Å². The van der Waals surface area contributed by atoms with Crippen LogP contribution in [-0.2, 0) is 4.79 Å². The van der Waals surface area contributed by atoms with E-state index in [4.69, 9.17) is 4.74 Å². The molecule has 6 nitrogen and oxygen atoms in total. The first kappa shape index (κ1) is 16.3. The second-order valence-corrected chi connectivity index (χ2v) is 6.57.